The molecule has 2 N–H and O–H groups in total. The summed E-state index contributed by atoms with van der Waals surface area (Å²) in [5.41, 5.74) is 6.04. The van der Waals surface area contributed by atoms with Gasteiger partial charge in [0.25, 0.3) is 0 Å². The van der Waals surface area contributed by atoms with Crippen LogP contribution in [0.25, 0.3) is 0 Å². The Labute approximate surface area is 96.9 Å². The van der Waals surface area contributed by atoms with Gasteiger partial charge in [-0.25, -0.2) is 0 Å². The highest BCUT2D eigenvalue weighted by Crippen LogP contribution is 2.49. The number of hydrogen-bond acceptors (Lipinski definition) is 3. The van der Waals surface area contributed by atoms with Crippen molar-refractivity contribution in [2.75, 3.05) is 26.8 Å². The second-order valence-electron chi connectivity index (χ2n) is 5.08. The summed E-state index contributed by atoms with van der Waals surface area (Å²) in [6, 6.07) is 0.605. The van der Waals surface area contributed by atoms with Crippen molar-refractivity contribution in [3.8, 4) is 0 Å². The molecular weight excluding hydrogens is 208 g/mol. The average molecular weight is 228 g/mol. The third kappa shape index (κ3) is 2.89. The molecule has 1 aliphatic carbocycles. The van der Waals surface area contributed by atoms with Crippen LogP contribution in [0, 0.1) is 5.41 Å². The van der Waals surface area contributed by atoms with Crippen molar-refractivity contribution in [3.05, 3.63) is 0 Å². The SMILES string of the molecule is CN(CC1(CC(N)=S)CC1)C1CCOC1. The molecule has 0 amide bonds. The summed E-state index contributed by atoms with van der Waals surface area (Å²) in [6.07, 6.45) is 4.64. The Bertz CT molecular complexity index is 247. The molecule has 0 bridgehead atoms. The van der Waals surface area contributed by atoms with E-state index in [1.165, 1.54) is 19.3 Å². The van der Waals surface area contributed by atoms with E-state index in [2.05, 4.69) is 11.9 Å². The maximum atomic E-state index is 5.64. The molecule has 1 aliphatic heterocycles. The fraction of sp³-hybridized carbons (Fsp3) is 0.909. The molecule has 1 saturated heterocycles. The van der Waals surface area contributed by atoms with E-state index in [1.807, 2.05) is 0 Å². The summed E-state index contributed by atoms with van der Waals surface area (Å²) >= 11 is 5.01. The Hall–Kier alpha value is -0.190. The van der Waals surface area contributed by atoms with Gasteiger partial charge in [-0.05, 0) is 31.7 Å². The lowest BCUT2D eigenvalue weighted by Gasteiger charge is -2.27. The van der Waals surface area contributed by atoms with Crippen LogP contribution in [0.3, 0.4) is 0 Å². The molecule has 4 heteroatoms. The van der Waals surface area contributed by atoms with Gasteiger partial charge in [0.1, 0.15) is 0 Å². The summed E-state index contributed by atoms with van der Waals surface area (Å²) in [5.74, 6) is 0. The molecular formula is C11H20N2OS. The van der Waals surface area contributed by atoms with Crippen LogP contribution in [0.1, 0.15) is 25.7 Å². The van der Waals surface area contributed by atoms with Crippen LogP contribution < -0.4 is 5.73 Å². The molecule has 2 fully saturated rings. The highest BCUT2D eigenvalue weighted by Gasteiger charge is 2.44. The molecule has 15 heavy (non-hydrogen) atoms. The van der Waals surface area contributed by atoms with E-state index in [-0.39, 0.29) is 0 Å². The first kappa shape index (κ1) is 11.3. The second kappa shape index (κ2) is 4.36. The molecule has 0 aromatic carbocycles. The summed E-state index contributed by atoms with van der Waals surface area (Å²) < 4.78 is 5.40. The lowest BCUT2D eigenvalue weighted by molar-refractivity contribution is 0.146. The standard InChI is InChI=1S/C11H20N2OS/c1-13(9-2-5-14-7-9)8-11(3-4-11)6-10(12)15/h9H,2-8H2,1H3,(H2,12,15). The number of likely N-dealkylation sites (N-methyl/N-ethyl adjacent to an activating group) is 1. The first-order chi connectivity index (χ1) is 7.11. The minimum atomic E-state index is 0.406. The molecule has 0 aromatic heterocycles. The van der Waals surface area contributed by atoms with Crippen molar-refractivity contribution in [2.24, 2.45) is 11.1 Å². The number of nitrogens with zero attached hydrogens (tertiary/aromatic N) is 1. The zero-order chi connectivity index (χ0) is 10.9. The molecule has 2 aliphatic rings. The first-order valence-corrected chi connectivity index (χ1v) is 6.08. The molecule has 1 atom stereocenters. The van der Waals surface area contributed by atoms with Crippen LogP contribution >= 0.6 is 12.2 Å². The van der Waals surface area contributed by atoms with E-state index in [9.17, 15) is 0 Å². The zero-order valence-electron chi connectivity index (χ0n) is 9.37. The fourth-order valence-electron chi connectivity index (χ4n) is 2.47. The van der Waals surface area contributed by atoms with Gasteiger partial charge >= 0.3 is 0 Å². The second-order valence-corrected chi connectivity index (χ2v) is 5.60. The largest absolute Gasteiger partial charge is 0.393 e. The number of thiocarbonyl (C=S) groups is 1. The third-order valence-corrected chi connectivity index (χ3v) is 3.76. The predicted molar refractivity (Wildman–Crippen MR) is 64.9 cm³/mol. The summed E-state index contributed by atoms with van der Waals surface area (Å²) in [7, 11) is 2.19. The number of ether oxygens (including phenoxy) is 1. The van der Waals surface area contributed by atoms with Gasteiger partial charge in [0.05, 0.1) is 11.6 Å². The van der Waals surface area contributed by atoms with Crippen LogP contribution in [-0.2, 0) is 4.74 Å². The maximum absolute atomic E-state index is 5.64. The van der Waals surface area contributed by atoms with E-state index in [4.69, 9.17) is 22.7 Å². The van der Waals surface area contributed by atoms with Crippen LogP contribution in [0.2, 0.25) is 0 Å². The molecule has 3 nitrogen and oxygen atoms in total. The van der Waals surface area contributed by atoms with Crippen LogP contribution in [0.4, 0.5) is 0 Å². The minimum Gasteiger partial charge on any atom is -0.393 e. The van der Waals surface area contributed by atoms with Crippen molar-refractivity contribution in [1.29, 1.82) is 0 Å². The van der Waals surface area contributed by atoms with E-state index in [1.54, 1.807) is 0 Å². The molecule has 1 unspecified atom stereocenters. The van der Waals surface area contributed by atoms with Crippen LogP contribution in [0.15, 0.2) is 0 Å². The Morgan fingerprint density at radius 2 is 2.33 bits per heavy atom. The van der Waals surface area contributed by atoms with E-state index in [0.29, 0.717) is 16.4 Å². The summed E-state index contributed by atoms with van der Waals surface area (Å²) in [4.78, 5) is 3.10. The lowest BCUT2D eigenvalue weighted by Crippen LogP contribution is -2.37. The summed E-state index contributed by atoms with van der Waals surface area (Å²) in [5, 5.41) is 0. The van der Waals surface area contributed by atoms with Gasteiger partial charge in [0, 0.05) is 25.6 Å². The van der Waals surface area contributed by atoms with Gasteiger partial charge < -0.3 is 15.4 Å². The van der Waals surface area contributed by atoms with Crippen molar-refractivity contribution < 1.29 is 4.74 Å². The predicted octanol–water partition coefficient (Wildman–Crippen LogP) is 1.16. The zero-order valence-corrected chi connectivity index (χ0v) is 10.2. The van der Waals surface area contributed by atoms with Crippen molar-refractivity contribution in [1.82, 2.24) is 4.90 Å². The quantitative estimate of drug-likeness (QED) is 0.717. The number of nitrogens with two attached hydrogens (primary N) is 1. The van der Waals surface area contributed by atoms with Gasteiger partial charge in [-0.2, -0.15) is 0 Å². The smallest absolute Gasteiger partial charge is 0.0733 e. The van der Waals surface area contributed by atoms with E-state index >= 15 is 0 Å². The van der Waals surface area contributed by atoms with Crippen molar-refractivity contribution in [3.63, 3.8) is 0 Å². The Kier molecular flexibility index (Phi) is 3.28. The normalized spacial score (nSPS) is 28.3. The molecule has 1 saturated carbocycles. The van der Waals surface area contributed by atoms with E-state index in [0.717, 1.165) is 26.2 Å². The van der Waals surface area contributed by atoms with Crippen LogP contribution in [-0.4, -0.2) is 42.7 Å². The molecule has 2 rings (SSSR count). The molecule has 86 valence electrons. The fourth-order valence-corrected chi connectivity index (χ4v) is 2.77. The molecule has 0 aromatic rings. The van der Waals surface area contributed by atoms with E-state index < -0.39 is 0 Å². The molecule has 0 radical (unpaired) electrons. The van der Waals surface area contributed by atoms with Crippen molar-refractivity contribution in [2.45, 2.75) is 31.7 Å². The Morgan fingerprint density at radius 3 is 2.80 bits per heavy atom. The Balaban J connectivity index is 1.82. The van der Waals surface area contributed by atoms with Gasteiger partial charge in [-0.15, -0.1) is 0 Å². The number of rotatable bonds is 5. The van der Waals surface area contributed by atoms with Gasteiger partial charge in [0.2, 0.25) is 0 Å². The topological polar surface area (TPSA) is 38.5 Å². The molecule has 0 spiro atoms. The highest BCUT2D eigenvalue weighted by molar-refractivity contribution is 7.80. The monoisotopic (exact) mass is 228 g/mol. The first-order valence-electron chi connectivity index (χ1n) is 5.68. The minimum absolute atomic E-state index is 0.406. The Morgan fingerprint density at radius 1 is 1.60 bits per heavy atom. The third-order valence-electron chi connectivity index (χ3n) is 3.62. The van der Waals surface area contributed by atoms with Crippen LogP contribution in [0.5, 0.6) is 0 Å². The highest BCUT2D eigenvalue weighted by atomic mass is 32.1. The average Bonchev–Trinajstić information content (AvgIpc) is 2.68. The van der Waals surface area contributed by atoms with Gasteiger partial charge in [0.15, 0.2) is 0 Å². The summed E-state index contributed by atoms with van der Waals surface area (Å²) in [6.45, 7) is 2.93. The number of hydrogen-bond donors (Lipinski definition) is 1. The molecule has 1 heterocycles. The maximum Gasteiger partial charge on any atom is 0.0733 e. The van der Waals surface area contributed by atoms with Gasteiger partial charge in [-0.3, -0.25) is 0 Å². The van der Waals surface area contributed by atoms with Crippen molar-refractivity contribution >= 4 is 17.2 Å². The van der Waals surface area contributed by atoms with Gasteiger partial charge in [-0.1, -0.05) is 12.2 Å². The lowest BCUT2D eigenvalue weighted by atomic mass is 10.0.